The van der Waals surface area contributed by atoms with Crippen molar-refractivity contribution < 1.29 is 4.74 Å². The summed E-state index contributed by atoms with van der Waals surface area (Å²) in [6.07, 6.45) is 2.24. The summed E-state index contributed by atoms with van der Waals surface area (Å²) in [6.45, 7) is 2.24. The molecule has 0 radical (unpaired) electrons. The monoisotopic (exact) mass is 267 g/mol. The van der Waals surface area contributed by atoms with Crippen molar-refractivity contribution >= 4 is 0 Å². The van der Waals surface area contributed by atoms with E-state index in [-0.39, 0.29) is 6.04 Å². The van der Waals surface area contributed by atoms with Crippen LogP contribution in [0.3, 0.4) is 0 Å². The van der Waals surface area contributed by atoms with E-state index in [0.717, 1.165) is 18.6 Å². The molecule has 0 aromatic heterocycles. The number of benzene rings is 2. The minimum Gasteiger partial charge on any atom is -0.497 e. The summed E-state index contributed by atoms with van der Waals surface area (Å²) in [5.41, 5.74) is 4.10. The lowest BCUT2D eigenvalue weighted by molar-refractivity contribution is 0.404. The third-order valence-corrected chi connectivity index (χ3v) is 4.16. The van der Waals surface area contributed by atoms with Crippen LogP contribution in [0.1, 0.15) is 36.1 Å². The highest BCUT2D eigenvalue weighted by Crippen LogP contribution is 2.33. The lowest BCUT2D eigenvalue weighted by Crippen LogP contribution is -2.39. The van der Waals surface area contributed by atoms with E-state index in [1.807, 2.05) is 0 Å². The Morgan fingerprint density at radius 3 is 2.65 bits per heavy atom. The number of rotatable bonds is 3. The molecule has 2 atom stereocenters. The van der Waals surface area contributed by atoms with Gasteiger partial charge in [-0.25, -0.2) is 0 Å². The highest BCUT2D eigenvalue weighted by atomic mass is 16.5. The number of methoxy groups -OCH3 is 1. The minimum atomic E-state index is 0.264. The second-order valence-electron chi connectivity index (χ2n) is 5.38. The standard InChI is InChI=1S/C18H21NO/c1-3-15-11-14-9-10-16(20-2)12-17(14)18(19-15)13-7-5-4-6-8-13/h4-10,12,15,18-19H,3,11H2,1-2H3. The number of ether oxygens (including phenoxy) is 1. The van der Waals surface area contributed by atoms with Gasteiger partial charge in [0.1, 0.15) is 5.75 Å². The number of hydrogen-bond donors (Lipinski definition) is 1. The SMILES string of the molecule is CCC1Cc2ccc(OC)cc2C(c2ccccc2)N1. The van der Waals surface area contributed by atoms with Gasteiger partial charge in [-0.3, -0.25) is 0 Å². The van der Waals surface area contributed by atoms with Crippen molar-refractivity contribution in [2.45, 2.75) is 31.8 Å². The summed E-state index contributed by atoms with van der Waals surface area (Å²) in [7, 11) is 1.73. The zero-order chi connectivity index (χ0) is 13.9. The Labute approximate surface area is 120 Å². The molecule has 1 aliphatic rings. The van der Waals surface area contributed by atoms with E-state index in [1.165, 1.54) is 16.7 Å². The highest BCUT2D eigenvalue weighted by Gasteiger charge is 2.26. The molecule has 1 N–H and O–H groups in total. The molecule has 2 unspecified atom stereocenters. The molecule has 3 rings (SSSR count). The van der Waals surface area contributed by atoms with Gasteiger partial charge in [0, 0.05) is 6.04 Å². The Kier molecular flexibility index (Phi) is 3.75. The van der Waals surface area contributed by atoms with Crippen LogP contribution >= 0.6 is 0 Å². The fraction of sp³-hybridized carbons (Fsp3) is 0.333. The average Bonchev–Trinajstić information content (AvgIpc) is 2.54. The molecule has 0 fully saturated rings. The minimum absolute atomic E-state index is 0.264. The molecule has 0 amide bonds. The largest absolute Gasteiger partial charge is 0.497 e. The van der Waals surface area contributed by atoms with Crippen LogP contribution < -0.4 is 10.1 Å². The van der Waals surface area contributed by atoms with Crippen molar-refractivity contribution in [1.82, 2.24) is 5.32 Å². The van der Waals surface area contributed by atoms with Crippen molar-refractivity contribution in [3.63, 3.8) is 0 Å². The average molecular weight is 267 g/mol. The third-order valence-electron chi connectivity index (χ3n) is 4.16. The van der Waals surface area contributed by atoms with Crippen molar-refractivity contribution in [3.8, 4) is 5.75 Å². The van der Waals surface area contributed by atoms with Crippen molar-refractivity contribution in [2.75, 3.05) is 7.11 Å². The Bertz CT molecular complexity index is 579. The first-order chi connectivity index (χ1) is 9.81. The predicted octanol–water partition coefficient (Wildman–Crippen LogP) is 3.71. The molecular formula is C18H21NO. The van der Waals surface area contributed by atoms with E-state index >= 15 is 0 Å². The first-order valence-electron chi connectivity index (χ1n) is 7.29. The Balaban J connectivity index is 2.06. The van der Waals surface area contributed by atoms with Gasteiger partial charge in [0.15, 0.2) is 0 Å². The topological polar surface area (TPSA) is 21.3 Å². The normalized spacial score (nSPS) is 21.3. The van der Waals surface area contributed by atoms with E-state index in [4.69, 9.17) is 4.74 Å². The van der Waals surface area contributed by atoms with Crippen LogP contribution in [0.25, 0.3) is 0 Å². The van der Waals surface area contributed by atoms with Crippen molar-refractivity contribution in [1.29, 1.82) is 0 Å². The van der Waals surface area contributed by atoms with Crippen molar-refractivity contribution in [2.24, 2.45) is 0 Å². The predicted molar refractivity (Wildman–Crippen MR) is 82.2 cm³/mol. The number of hydrogen-bond acceptors (Lipinski definition) is 2. The molecule has 2 heteroatoms. The molecule has 0 saturated carbocycles. The molecular weight excluding hydrogens is 246 g/mol. The summed E-state index contributed by atoms with van der Waals surface area (Å²) in [6, 6.07) is 17.9. The summed E-state index contributed by atoms with van der Waals surface area (Å²) < 4.78 is 5.39. The van der Waals surface area contributed by atoms with Gasteiger partial charge in [0.05, 0.1) is 13.2 Å². The fourth-order valence-electron chi connectivity index (χ4n) is 2.99. The van der Waals surface area contributed by atoms with E-state index < -0.39 is 0 Å². The number of nitrogens with one attached hydrogen (secondary N) is 1. The van der Waals surface area contributed by atoms with Gasteiger partial charge in [-0.15, -0.1) is 0 Å². The molecule has 2 aromatic carbocycles. The van der Waals surface area contributed by atoms with Crippen LogP contribution in [0.5, 0.6) is 5.75 Å². The molecule has 1 aliphatic heterocycles. The molecule has 104 valence electrons. The van der Waals surface area contributed by atoms with Gasteiger partial charge in [0.25, 0.3) is 0 Å². The molecule has 0 spiro atoms. The highest BCUT2D eigenvalue weighted by molar-refractivity contribution is 5.44. The van der Waals surface area contributed by atoms with Crippen LogP contribution in [0.2, 0.25) is 0 Å². The zero-order valence-corrected chi connectivity index (χ0v) is 12.1. The van der Waals surface area contributed by atoms with E-state index in [2.05, 4.69) is 60.8 Å². The molecule has 2 aromatic rings. The van der Waals surface area contributed by atoms with Crippen LogP contribution in [-0.4, -0.2) is 13.2 Å². The van der Waals surface area contributed by atoms with Crippen molar-refractivity contribution in [3.05, 3.63) is 65.2 Å². The second kappa shape index (κ2) is 5.68. The Morgan fingerprint density at radius 1 is 1.15 bits per heavy atom. The molecule has 0 bridgehead atoms. The maximum Gasteiger partial charge on any atom is 0.119 e. The quantitative estimate of drug-likeness (QED) is 0.915. The molecule has 0 aliphatic carbocycles. The lowest BCUT2D eigenvalue weighted by Gasteiger charge is -2.33. The fourth-order valence-corrected chi connectivity index (χ4v) is 2.99. The summed E-state index contributed by atoms with van der Waals surface area (Å²) in [5, 5.41) is 3.77. The summed E-state index contributed by atoms with van der Waals surface area (Å²) in [5.74, 6) is 0.932. The smallest absolute Gasteiger partial charge is 0.119 e. The lowest BCUT2D eigenvalue weighted by atomic mass is 9.86. The first kappa shape index (κ1) is 13.2. The van der Waals surface area contributed by atoms with Gasteiger partial charge >= 0.3 is 0 Å². The van der Waals surface area contributed by atoms with Crippen LogP contribution in [-0.2, 0) is 6.42 Å². The zero-order valence-electron chi connectivity index (χ0n) is 12.1. The van der Waals surface area contributed by atoms with E-state index in [1.54, 1.807) is 7.11 Å². The van der Waals surface area contributed by atoms with Gasteiger partial charge in [0.2, 0.25) is 0 Å². The molecule has 1 heterocycles. The van der Waals surface area contributed by atoms with Gasteiger partial charge in [-0.05, 0) is 41.7 Å². The van der Waals surface area contributed by atoms with Gasteiger partial charge in [-0.1, -0.05) is 43.3 Å². The van der Waals surface area contributed by atoms with Crippen LogP contribution in [0, 0.1) is 0 Å². The van der Waals surface area contributed by atoms with Gasteiger partial charge < -0.3 is 10.1 Å². The summed E-state index contributed by atoms with van der Waals surface area (Å²) >= 11 is 0. The third kappa shape index (κ3) is 2.44. The summed E-state index contributed by atoms with van der Waals surface area (Å²) in [4.78, 5) is 0. The van der Waals surface area contributed by atoms with Crippen LogP contribution in [0.15, 0.2) is 48.5 Å². The van der Waals surface area contributed by atoms with Crippen LogP contribution in [0.4, 0.5) is 0 Å². The molecule has 20 heavy (non-hydrogen) atoms. The second-order valence-corrected chi connectivity index (χ2v) is 5.38. The Hall–Kier alpha value is -1.80. The maximum atomic E-state index is 5.39. The Morgan fingerprint density at radius 2 is 1.95 bits per heavy atom. The first-order valence-corrected chi connectivity index (χ1v) is 7.29. The number of fused-ring (bicyclic) bond motifs is 1. The maximum absolute atomic E-state index is 5.39. The molecule has 2 nitrogen and oxygen atoms in total. The van der Waals surface area contributed by atoms with Gasteiger partial charge in [-0.2, -0.15) is 0 Å². The van der Waals surface area contributed by atoms with E-state index in [9.17, 15) is 0 Å². The molecule has 0 saturated heterocycles. The van der Waals surface area contributed by atoms with E-state index in [0.29, 0.717) is 6.04 Å².